The molecular formula is C14H16N2O4. The summed E-state index contributed by atoms with van der Waals surface area (Å²) in [7, 11) is 0. The third-order valence-electron chi connectivity index (χ3n) is 2.87. The van der Waals surface area contributed by atoms with Crippen LogP contribution in [0.1, 0.15) is 11.3 Å². The fourth-order valence-corrected chi connectivity index (χ4v) is 1.97. The Kier molecular flexibility index (Phi) is 4.86. The third-order valence-corrected chi connectivity index (χ3v) is 2.87. The summed E-state index contributed by atoms with van der Waals surface area (Å²) in [5, 5.41) is 19.7. The maximum absolute atomic E-state index is 10.6. The van der Waals surface area contributed by atoms with Gasteiger partial charge in [0.2, 0.25) is 0 Å². The lowest BCUT2D eigenvalue weighted by Gasteiger charge is -2.19. The van der Waals surface area contributed by atoms with Gasteiger partial charge in [0.1, 0.15) is 10.7 Å². The summed E-state index contributed by atoms with van der Waals surface area (Å²) in [6, 6.07) is 12.8. The molecule has 0 aliphatic carbocycles. The van der Waals surface area contributed by atoms with Crippen molar-refractivity contribution in [1.29, 1.82) is 0 Å². The van der Waals surface area contributed by atoms with E-state index in [0.29, 0.717) is 25.4 Å². The van der Waals surface area contributed by atoms with Gasteiger partial charge in [0.05, 0.1) is 19.2 Å². The van der Waals surface area contributed by atoms with Crippen LogP contribution in [0.15, 0.2) is 46.9 Å². The Morgan fingerprint density at radius 2 is 1.90 bits per heavy atom. The van der Waals surface area contributed by atoms with Gasteiger partial charge in [-0.25, -0.2) is 0 Å². The molecule has 0 unspecified atom stereocenters. The Hall–Kier alpha value is -2.18. The molecule has 0 bridgehead atoms. The molecule has 0 amide bonds. The maximum atomic E-state index is 10.6. The van der Waals surface area contributed by atoms with E-state index in [1.54, 1.807) is 6.07 Å². The van der Waals surface area contributed by atoms with Crippen molar-refractivity contribution in [3.05, 3.63) is 63.9 Å². The lowest BCUT2D eigenvalue weighted by atomic mass is 10.2. The van der Waals surface area contributed by atoms with Crippen molar-refractivity contribution >= 4 is 5.88 Å². The monoisotopic (exact) mass is 276 g/mol. The summed E-state index contributed by atoms with van der Waals surface area (Å²) in [5.74, 6) is 0.254. The largest absolute Gasteiger partial charge is 0.433 e. The molecule has 0 fully saturated rings. The molecule has 2 aromatic rings. The van der Waals surface area contributed by atoms with Gasteiger partial charge < -0.3 is 9.52 Å². The normalized spacial score (nSPS) is 10.9. The van der Waals surface area contributed by atoms with Crippen LogP contribution >= 0.6 is 0 Å². The Labute approximate surface area is 116 Å². The molecular weight excluding hydrogens is 260 g/mol. The van der Waals surface area contributed by atoms with Crippen LogP contribution in [0.3, 0.4) is 0 Å². The molecule has 1 aromatic heterocycles. The highest BCUT2D eigenvalue weighted by Crippen LogP contribution is 2.18. The quantitative estimate of drug-likeness (QED) is 0.619. The molecule has 1 aromatic carbocycles. The molecule has 0 saturated heterocycles. The first-order chi connectivity index (χ1) is 9.69. The number of aliphatic hydroxyl groups is 1. The van der Waals surface area contributed by atoms with Gasteiger partial charge in [0, 0.05) is 13.1 Å². The fourth-order valence-electron chi connectivity index (χ4n) is 1.97. The van der Waals surface area contributed by atoms with Crippen molar-refractivity contribution in [3.8, 4) is 0 Å². The SMILES string of the molecule is O=[N+]([O-])c1ccc(CN(CCO)Cc2ccccc2)o1. The molecule has 1 N–H and O–H groups in total. The smallest absolute Gasteiger partial charge is 0.404 e. The van der Waals surface area contributed by atoms with Crippen LogP contribution in [-0.2, 0) is 13.1 Å². The topological polar surface area (TPSA) is 79.8 Å². The molecule has 6 heteroatoms. The van der Waals surface area contributed by atoms with Crippen LogP contribution in [0.25, 0.3) is 0 Å². The second-order valence-corrected chi connectivity index (χ2v) is 4.42. The second kappa shape index (κ2) is 6.83. The Bertz CT molecular complexity index is 553. The molecule has 0 aliphatic heterocycles. The standard InChI is InChI=1S/C14H16N2O4/c17-9-8-15(10-12-4-2-1-3-5-12)11-13-6-7-14(20-13)16(18)19/h1-7,17H,8-11H2. The summed E-state index contributed by atoms with van der Waals surface area (Å²) in [5.41, 5.74) is 1.11. The minimum absolute atomic E-state index is 0.0234. The van der Waals surface area contributed by atoms with E-state index in [0.717, 1.165) is 5.56 Å². The highest BCUT2D eigenvalue weighted by atomic mass is 16.6. The van der Waals surface area contributed by atoms with Crippen LogP contribution in [0.2, 0.25) is 0 Å². The molecule has 0 saturated carbocycles. The molecule has 0 aliphatic rings. The molecule has 0 radical (unpaired) electrons. The Morgan fingerprint density at radius 3 is 2.50 bits per heavy atom. The molecule has 0 atom stereocenters. The molecule has 2 rings (SSSR count). The van der Waals surface area contributed by atoms with Crippen LogP contribution < -0.4 is 0 Å². The van der Waals surface area contributed by atoms with Gasteiger partial charge in [-0.15, -0.1) is 0 Å². The third kappa shape index (κ3) is 3.91. The fraction of sp³-hybridized carbons (Fsp3) is 0.286. The number of hydrogen-bond donors (Lipinski definition) is 1. The first-order valence-electron chi connectivity index (χ1n) is 6.29. The highest BCUT2D eigenvalue weighted by Gasteiger charge is 2.14. The van der Waals surface area contributed by atoms with Gasteiger partial charge in [0.25, 0.3) is 0 Å². The van der Waals surface area contributed by atoms with Gasteiger partial charge >= 0.3 is 5.88 Å². The van der Waals surface area contributed by atoms with E-state index in [1.807, 2.05) is 35.2 Å². The zero-order valence-corrected chi connectivity index (χ0v) is 10.9. The molecule has 20 heavy (non-hydrogen) atoms. The van der Waals surface area contributed by atoms with Crippen LogP contribution in [0.4, 0.5) is 5.88 Å². The number of nitro groups is 1. The summed E-state index contributed by atoms with van der Waals surface area (Å²) < 4.78 is 5.14. The number of nitrogens with zero attached hydrogens (tertiary/aromatic N) is 2. The van der Waals surface area contributed by atoms with Crippen LogP contribution in [-0.4, -0.2) is 28.1 Å². The van der Waals surface area contributed by atoms with Crippen molar-refractivity contribution in [2.24, 2.45) is 0 Å². The first kappa shape index (κ1) is 14.2. The highest BCUT2D eigenvalue weighted by molar-refractivity contribution is 5.18. The number of aliphatic hydroxyl groups excluding tert-OH is 1. The van der Waals surface area contributed by atoms with Crippen molar-refractivity contribution in [3.63, 3.8) is 0 Å². The van der Waals surface area contributed by atoms with Crippen molar-refractivity contribution in [2.75, 3.05) is 13.2 Å². The van der Waals surface area contributed by atoms with E-state index in [9.17, 15) is 10.1 Å². The lowest BCUT2D eigenvalue weighted by Crippen LogP contribution is -2.25. The van der Waals surface area contributed by atoms with Gasteiger partial charge in [-0.3, -0.25) is 15.0 Å². The van der Waals surface area contributed by atoms with E-state index in [1.165, 1.54) is 6.07 Å². The minimum Gasteiger partial charge on any atom is -0.404 e. The maximum Gasteiger partial charge on any atom is 0.433 e. The molecule has 6 nitrogen and oxygen atoms in total. The van der Waals surface area contributed by atoms with E-state index < -0.39 is 4.92 Å². The van der Waals surface area contributed by atoms with Crippen LogP contribution in [0, 0.1) is 10.1 Å². The average molecular weight is 276 g/mol. The zero-order chi connectivity index (χ0) is 14.4. The van der Waals surface area contributed by atoms with E-state index in [4.69, 9.17) is 9.52 Å². The zero-order valence-electron chi connectivity index (χ0n) is 10.9. The molecule has 1 heterocycles. The number of hydrogen-bond acceptors (Lipinski definition) is 5. The number of rotatable bonds is 7. The van der Waals surface area contributed by atoms with E-state index in [2.05, 4.69) is 0 Å². The lowest BCUT2D eigenvalue weighted by molar-refractivity contribution is -0.402. The van der Waals surface area contributed by atoms with Gasteiger partial charge in [-0.05, 0) is 11.6 Å². The van der Waals surface area contributed by atoms with Gasteiger partial charge in [0.15, 0.2) is 0 Å². The number of furan rings is 1. The first-order valence-corrected chi connectivity index (χ1v) is 6.29. The van der Waals surface area contributed by atoms with Crippen molar-refractivity contribution < 1.29 is 14.4 Å². The molecule has 106 valence electrons. The number of benzene rings is 1. The average Bonchev–Trinajstić information content (AvgIpc) is 2.89. The van der Waals surface area contributed by atoms with Crippen LogP contribution in [0.5, 0.6) is 0 Å². The predicted molar refractivity (Wildman–Crippen MR) is 73.0 cm³/mol. The predicted octanol–water partition coefficient (Wildman–Crippen LogP) is 2.18. The summed E-state index contributed by atoms with van der Waals surface area (Å²) >= 11 is 0. The van der Waals surface area contributed by atoms with Crippen molar-refractivity contribution in [2.45, 2.75) is 13.1 Å². The van der Waals surface area contributed by atoms with Gasteiger partial charge in [-0.1, -0.05) is 30.3 Å². The molecule has 0 spiro atoms. The summed E-state index contributed by atoms with van der Waals surface area (Å²) in [4.78, 5) is 12.0. The Morgan fingerprint density at radius 1 is 1.15 bits per heavy atom. The summed E-state index contributed by atoms with van der Waals surface area (Å²) in [6.45, 7) is 1.57. The Balaban J connectivity index is 2.02. The van der Waals surface area contributed by atoms with Crippen molar-refractivity contribution in [1.82, 2.24) is 4.90 Å². The second-order valence-electron chi connectivity index (χ2n) is 4.42. The summed E-state index contributed by atoms with van der Waals surface area (Å²) in [6.07, 6.45) is 0. The van der Waals surface area contributed by atoms with E-state index >= 15 is 0 Å². The van der Waals surface area contributed by atoms with E-state index in [-0.39, 0.29) is 12.5 Å². The van der Waals surface area contributed by atoms with Gasteiger partial charge in [-0.2, -0.15) is 0 Å². The minimum atomic E-state index is -0.558.